The van der Waals surface area contributed by atoms with E-state index < -0.39 is 10.0 Å². The van der Waals surface area contributed by atoms with Crippen LogP contribution in [0.4, 0.5) is 5.69 Å². The number of hydrogen-bond donors (Lipinski definition) is 1. The molecule has 0 spiro atoms. The molecule has 0 aliphatic carbocycles. The van der Waals surface area contributed by atoms with Crippen LogP contribution in [0.5, 0.6) is 0 Å². The number of fused-ring (bicyclic) bond motifs is 1. The highest BCUT2D eigenvalue weighted by Crippen LogP contribution is 2.34. The molecule has 0 saturated carbocycles. The van der Waals surface area contributed by atoms with Crippen LogP contribution in [0, 0.1) is 6.92 Å². The van der Waals surface area contributed by atoms with Gasteiger partial charge in [0.25, 0.3) is 0 Å². The lowest BCUT2D eigenvalue weighted by Gasteiger charge is -2.20. The summed E-state index contributed by atoms with van der Waals surface area (Å²) in [6.45, 7) is 5.56. The average Bonchev–Trinajstić information content (AvgIpc) is 3.25. The number of thiazole rings is 1. The number of aromatic nitrogens is 1. The summed E-state index contributed by atoms with van der Waals surface area (Å²) in [5.74, 6) is -0.0372. The van der Waals surface area contributed by atoms with Crippen LogP contribution in [0.15, 0.2) is 53.4 Å². The molecule has 2 heterocycles. The maximum atomic E-state index is 12.9. The fourth-order valence-corrected chi connectivity index (χ4v) is 5.94. The van der Waals surface area contributed by atoms with Crippen LogP contribution >= 0.6 is 11.3 Å². The number of benzene rings is 2. The average molecular weight is 442 g/mol. The Hall–Kier alpha value is -2.55. The third-order valence-electron chi connectivity index (χ3n) is 5.25. The van der Waals surface area contributed by atoms with E-state index in [1.54, 1.807) is 23.1 Å². The maximum absolute atomic E-state index is 12.9. The van der Waals surface area contributed by atoms with Gasteiger partial charge >= 0.3 is 0 Å². The lowest BCUT2D eigenvalue weighted by atomic mass is 10.1. The van der Waals surface area contributed by atoms with Gasteiger partial charge in [0.05, 0.1) is 10.6 Å². The lowest BCUT2D eigenvalue weighted by molar-refractivity contribution is -0.116. The summed E-state index contributed by atoms with van der Waals surface area (Å²) in [5.41, 5.74) is 3.50. The molecule has 0 saturated heterocycles. The fraction of sp³-hybridized carbons (Fsp3) is 0.273. The summed E-state index contributed by atoms with van der Waals surface area (Å²) in [6.07, 6.45) is 0.645. The number of carbonyl (C=O) groups excluding carboxylic acids is 1. The number of nitrogens with one attached hydrogen (secondary N) is 1. The minimum atomic E-state index is -3.68. The SMILES string of the molecule is CC(=O)N1c2ccc(S(=O)(=O)NCc3sc(-c4ccccc4)nc3C)cc2CC1C. The van der Waals surface area contributed by atoms with Gasteiger partial charge in [-0.15, -0.1) is 11.3 Å². The van der Waals surface area contributed by atoms with Crippen LogP contribution in [-0.2, 0) is 27.8 Å². The second-order valence-electron chi connectivity index (χ2n) is 7.45. The van der Waals surface area contributed by atoms with Crippen molar-refractivity contribution in [2.24, 2.45) is 0 Å². The van der Waals surface area contributed by atoms with Crippen molar-refractivity contribution in [1.29, 1.82) is 0 Å². The smallest absolute Gasteiger partial charge is 0.240 e. The molecule has 0 bridgehead atoms. The van der Waals surface area contributed by atoms with Crippen molar-refractivity contribution >= 4 is 33.0 Å². The van der Waals surface area contributed by atoms with Gasteiger partial charge in [-0.2, -0.15) is 0 Å². The summed E-state index contributed by atoms with van der Waals surface area (Å²) in [7, 11) is -3.68. The zero-order valence-corrected chi connectivity index (χ0v) is 18.7. The molecule has 8 heteroatoms. The molecule has 1 aliphatic rings. The summed E-state index contributed by atoms with van der Waals surface area (Å²) in [5, 5.41) is 0.873. The largest absolute Gasteiger partial charge is 0.309 e. The third-order valence-corrected chi connectivity index (χ3v) is 7.86. The molecule has 1 aromatic heterocycles. The van der Waals surface area contributed by atoms with Crippen molar-refractivity contribution in [3.63, 3.8) is 0 Å². The second-order valence-corrected chi connectivity index (χ2v) is 10.3. The first-order valence-corrected chi connectivity index (χ1v) is 12.0. The van der Waals surface area contributed by atoms with Crippen molar-refractivity contribution in [2.75, 3.05) is 4.90 Å². The summed E-state index contributed by atoms with van der Waals surface area (Å²) in [6, 6.07) is 14.8. The van der Waals surface area contributed by atoms with Gasteiger partial charge in [-0.25, -0.2) is 18.1 Å². The highest BCUT2D eigenvalue weighted by molar-refractivity contribution is 7.89. The Labute approximate surface area is 180 Å². The van der Waals surface area contributed by atoms with E-state index >= 15 is 0 Å². The van der Waals surface area contributed by atoms with Crippen molar-refractivity contribution in [1.82, 2.24) is 9.71 Å². The Bertz CT molecular complexity index is 1200. The molecule has 6 nitrogen and oxygen atoms in total. The van der Waals surface area contributed by atoms with E-state index in [9.17, 15) is 13.2 Å². The zero-order valence-electron chi connectivity index (χ0n) is 17.0. The van der Waals surface area contributed by atoms with Gasteiger partial charge < -0.3 is 4.90 Å². The van der Waals surface area contributed by atoms with Crippen LogP contribution in [0.2, 0.25) is 0 Å². The highest BCUT2D eigenvalue weighted by Gasteiger charge is 2.30. The monoisotopic (exact) mass is 441 g/mol. The number of hydrogen-bond acceptors (Lipinski definition) is 5. The topological polar surface area (TPSA) is 79.4 Å². The molecule has 0 radical (unpaired) electrons. The van der Waals surface area contributed by atoms with Crippen LogP contribution in [0.25, 0.3) is 10.6 Å². The first kappa shape index (κ1) is 20.7. The molecule has 1 aliphatic heterocycles. The van der Waals surface area contributed by atoms with Crippen molar-refractivity contribution < 1.29 is 13.2 Å². The maximum Gasteiger partial charge on any atom is 0.240 e. The van der Waals surface area contributed by atoms with Crippen LogP contribution in [0.3, 0.4) is 0 Å². The second kappa shape index (κ2) is 7.94. The summed E-state index contributed by atoms with van der Waals surface area (Å²) < 4.78 is 28.5. The van der Waals surface area contributed by atoms with E-state index in [2.05, 4.69) is 9.71 Å². The predicted octanol–water partition coefficient (Wildman–Crippen LogP) is 3.89. The number of aryl methyl sites for hydroxylation is 1. The zero-order chi connectivity index (χ0) is 21.5. The predicted molar refractivity (Wildman–Crippen MR) is 119 cm³/mol. The Morgan fingerprint density at radius 1 is 1.23 bits per heavy atom. The molecule has 2 aromatic carbocycles. The van der Waals surface area contributed by atoms with E-state index in [4.69, 9.17) is 0 Å². The number of nitrogens with zero attached hydrogens (tertiary/aromatic N) is 2. The van der Waals surface area contributed by atoms with Crippen LogP contribution in [0.1, 0.15) is 30.0 Å². The molecule has 4 rings (SSSR count). The molecule has 30 heavy (non-hydrogen) atoms. The molecular weight excluding hydrogens is 418 g/mol. The van der Waals surface area contributed by atoms with Crippen molar-refractivity contribution in [3.05, 3.63) is 64.7 Å². The molecule has 3 aromatic rings. The number of amides is 1. The quantitative estimate of drug-likeness (QED) is 0.651. The number of sulfonamides is 1. The van der Waals surface area contributed by atoms with Gasteiger partial charge in [-0.3, -0.25) is 4.79 Å². The minimum absolute atomic E-state index is 0.0275. The number of carbonyl (C=O) groups is 1. The van der Waals surface area contributed by atoms with Crippen molar-refractivity contribution in [2.45, 2.75) is 44.7 Å². The highest BCUT2D eigenvalue weighted by atomic mass is 32.2. The van der Waals surface area contributed by atoms with Gasteiger partial charge in [0.2, 0.25) is 15.9 Å². The van der Waals surface area contributed by atoms with Crippen LogP contribution in [-0.4, -0.2) is 25.4 Å². The first-order valence-electron chi connectivity index (χ1n) is 9.70. The number of rotatable bonds is 5. The Kier molecular flexibility index (Phi) is 5.48. The minimum Gasteiger partial charge on any atom is -0.309 e. The summed E-state index contributed by atoms with van der Waals surface area (Å²) >= 11 is 1.49. The lowest BCUT2D eigenvalue weighted by Crippen LogP contribution is -2.33. The molecule has 1 atom stereocenters. The Morgan fingerprint density at radius 3 is 2.67 bits per heavy atom. The van der Waals surface area contributed by atoms with Gasteiger partial charge in [-0.1, -0.05) is 30.3 Å². The molecule has 1 unspecified atom stereocenters. The van der Waals surface area contributed by atoms with Crippen LogP contribution < -0.4 is 9.62 Å². The molecule has 156 valence electrons. The van der Waals surface area contributed by atoms with E-state index in [0.29, 0.717) is 6.42 Å². The van der Waals surface area contributed by atoms with Crippen molar-refractivity contribution in [3.8, 4) is 10.6 Å². The first-order chi connectivity index (χ1) is 14.3. The molecule has 0 fully saturated rings. The summed E-state index contributed by atoms with van der Waals surface area (Å²) in [4.78, 5) is 19.3. The van der Waals surface area contributed by atoms with E-state index in [1.807, 2.05) is 44.2 Å². The van der Waals surface area contributed by atoms with E-state index in [-0.39, 0.29) is 23.4 Å². The van der Waals surface area contributed by atoms with E-state index in [1.165, 1.54) is 18.3 Å². The number of anilines is 1. The molecule has 1 N–H and O–H groups in total. The third kappa shape index (κ3) is 3.90. The van der Waals surface area contributed by atoms with E-state index in [0.717, 1.165) is 32.4 Å². The Balaban J connectivity index is 1.53. The normalized spacial score (nSPS) is 16.0. The fourth-order valence-electron chi connectivity index (χ4n) is 3.79. The van der Waals surface area contributed by atoms with Gasteiger partial charge in [0.15, 0.2) is 0 Å². The van der Waals surface area contributed by atoms with Gasteiger partial charge in [0.1, 0.15) is 5.01 Å². The molecule has 1 amide bonds. The van der Waals surface area contributed by atoms with Gasteiger partial charge in [-0.05, 0) is 44.0 Å². The Morgan fingerprint density at radius 2 is 1.97 bits per heavy atom. The van der Waals surface area contributed by atoms with Gasteiger partial charge in [0, 0.05) is 35.6 Å². The standard InChI is InChI=1S/C22H23N3O3S2/c1-14-11-18-12-19(9-10-20(18)25(14)16(3)26)30(27,28)23-13-21-15(2)24-22(29-21)17-7-5-4-6-8-17/h4-10,12,14,23H,11,13H2,1-3H3. The molecular formula is C22H23N3O3S2.